The van der Waals surface area contributed by atoms with Gasteiger partial charge in [0.2, 0.25) is 0 Å². The van der Waals surface area contributed by atoms with Crippen molar-refractivity contribution in [2.75, 3.05) is 0 Å². The van der Waals surface area contributed by atoms with Crippen molar-refractivity contribution >= 4 is 11.8 Å². The molecule has 2 aromatic rings. The standard InChI is InChI=1S/C14H16FNOS/c1-10(16)14(11-4-6-12(15)7-5-11)18-9-13-3-2-8-17-13/h2-8,10,14H,9,16H2,1H3. The van der Waals surface area contributed by atoms with Crippen molar-refractivity contribution in [2.45, 2.75) is 24.0 Å². The van der Waals surface area contributed by atoms with Crippen LogP contribution in [-0.2, 0) is 5.75 Å². The quantitative estimate of drug-likeness (QED) is 0.895. The molecule has 0 aliphatic carbocycles. The van der Waals surface area contributed by atoms with E-state index in [1.165, 1.54) is 12.1 Å². The van der Waals surface area contributed by atoms with Crippen LogP contribution in [0.15, 0.2) is 47.1 Å². The van der Waals surface area contributed by atoms with E-state index in [0.717, 1.165) is 17.1 Å². The van der Waals surface area contributed by atoms with Gasteiger partial charge in [0, 0.05) is 11.3 Å². The van der Waals surface area contributed by atoms with E-state index in [2.05, 4.69) is 0 Å². The van der Waals surface area contributed by atoms with Gasteiger partial charge in [-0.3, -0.25) is 0 Å². The van der Waals surface area contributed by atoms with Crippen LogP contribution in [0, 0.1) is 5.82 Å². The van der Waals surface area contributed by atoms with Crippen LogP contribution in [0.1, 0.15) is 23.5 Å². The van der Waals surface area contributed by atoms with Gasteiger partial charge in [0.05, 0.1) is 12.0 Å². The fourth-order valence-electron chi connectivity index (χ4n) is 1.77. The van der Waals surface area contributed by atoms with E-state index in [4.69, 9.17) is 10.2 Å². The number of hydrogen-bond acceptors (Lipinski definition) is 3. The van der Waals surface area contributed by atoms with Crippen molar-refractivity contribution in [2.24, 2.45) is 5.73 Å². The van der Waals surface area contributed by atoms with Crippen LogP contribution < -0.4 is 5.73 Å². The lowest BCUT2D eigenvalue weighted by molar-refractivity contribution is 0.530. The number of benzene rings is 1. The summed E-state index contributed by atoms with van der Waals surface area (Å²) in [5.74, 6) is 1.46. The van der Waals surface area contributed by atoms with Gasteiger partial charge in [0.25, 0.3) is 0 Å². The summed E-state index contributed by atoms with van der Waals surface area (Å²) in [6.45, 7) is 1.96. The van der Waals surface area contributed by atoms with Gasteiger partial charge in [-0.15, -0.1) is 11.8 Å². The molecule has 2 nitrogen and oxygen atoms in total. The Kier molecular flexibility index (Phi) is 4.44. The molecule has 2 atom stereocenters. The van der Waals surface area contributed by atoms with Gasteiger partial charge in [0.15, 0.2) is 0 Å². The summed E-state index contributed by atoms with van der Waals surface area (Å²) >= 11 is 1.71. The first-order chi connectivity index (χ1) is 8.66. The van der Waals surface area contributed by atoms with E-state index < -0.39 is 0 Å². The third kappa shape index (κ3) is 3.37. The van der Waals surface area contributed by atoms with Crippen molar-refractivity contribution in [1.29, 1.82) is 0 Å². The minimum Gasteiger partial charge on any atom is -0.468 e. The highest BCUT2D eigenvalue weighted by Gasteiger charge is 2.17. The fraction of sp³-hybridized carbons (Fsp3) is 0.286. The van der Waals surface area contributed by atoms with Crippen LogP contribution >= 0.6 is 11.8 Å². The zero-order valence-corrected chi connectivity index (χ0v) is 11.0. The first-order valence-corrected chi connectivity index (χ1v) is 6.86. The lowest BCUT2D eigenvalue weighted by Crippen LogP contribution is -2.22. The molecule has 0 amide bonds. The molecule has 0 aliphatic heterocycles. The largest absolute Gasteiger partial charge is 0.468 e. The minimum absolute atomic E-state index is 0.00424. The lowest BCUT2D eigenvalue weighted by Gasteiger charge is -2.20. The van der Waals surface area contributed by atoms with Gasteiger partial charge < -0.3 is 10.2 Å². The molecule has 96 valence electrons. The second-order valence-corrected chi connectivity index (χ2v) is 5.35. The van der Waals surface area contributed by atoms with E-state index >= 15 is 0 Å². The van der Waals surface area contributed by atoms with Crippen molar-refractivity contribution < 1.29 is 8.81 Å². The number of nitrogens with two attached hydrogens (primary N) is 1. The third-order valence-electron chi connectivity index (χ3n) is 2.66. The highest BCUT2D eigenvalue weighted by Crippen LogP contribution is 2.33. The Bertz CT molecular complexity index is 467. The molecular formula is C14H16FNOS. The lowest BCUT2D eigenvalue weighted by atomic mass is 10.1. The van der Waals surface area contributed by atoms with E-state index in [1.807, 2.05) is 19.1 Å². The van der Waals surface area contributed by atoms with E-state index in [1.54, 1.807) is 30.2 Å². The molecule has 18 heavy (non-hydrogen) atoms. The van der Waals surface area contributed by atoms with Crippen molar-refractivity contribution in [3.63, 3.8) is 0 Å². The highest BCUT2D eigenvalue weighted by molar-refractivity contribution is 7.98. The van der Waals surface area contributed by atoms with Crippen LogP contribution in [0.5, 0.6) is 0 Å². The predicted octanol–water partition coefficient (Wildman–Crippen LogP) is 3.74. The molecule has 0 saturated carbocycles. The number of hydrogen-bond donors (Lipinski definition) is 1. The van der Waals surface area contributed by atoms with Crippen molar-refractivity contribution in [1.82, 2.24) is 0 Å². The Labute approximate surface area is 110 Å². The molecule has 2 rings (SSSR count). The molecule has 0 aliphatic rings. The molecule has 1 heterocycles. The van der Waals surface area contributed by atoms with Crippen molar-refractivity contribution in [3.05, 3.63) is 59.8 Å². The number of rotatable bonds is 5. The van der Waals surface area contributed by atoms with Gasteiger partial charge in [0.1, 0.15) is 11.6 Å². The van der Waals surface area contributed by atoms with E-state index in [-0.39, 0.29) is 17.1 Å². The predicted molar refractivity (Wildman–Crippen MR) is 72.8 cm³/mol. The summed E-state index contributed by atoms with van der Waals surface area (Å²) in [5, 5.41) is 0.135. The number of furan rings is 1. The average molecular weight is 265 g/mol. The average Bonchev–Trinajstić information content (AvgIpc) is 2.84. The van der Waals surface area contributed by atoms with Gasteiger partial charge in [-0.1, -0.05) is 12.1 Å². The summed E-state index contributed by atoms with van der Waals surface area (Å²) in [7, 11) is 0. The maximum Gasteiger partial charge on any atom is 0.123 e. The molecule has 0 bridgehead atoms. The summed E-state index contributed by atoms with van der Waals surface area (Å²) in [4.78, 5) is 0. The summed E-state index contributed by atoms with van der Waals surface area (Å²) in [5.41, 5.74) is 7.05. The Hall–Kier alpha value is -1.26. The van der Waals surface area contributed by atoms with Crippen LogP contribution in [0.3, 0.4) is 0 Å². The molecular weight excluding hydrogens is 249 g/mol. The molecule has 2 N–H and O–H groups in total. The highest BCUT2D eigenvalue weighted by atomic mass is 32.2. The second-order valence-electron chi connectivity index (χ2n) is 4.22. The molecule has 0 saturated heterocycles. The first-order valence-electron chi connectivity index (χ1n) is 5.82. The van der Waals surface area contributed by atoms with Crippen LogP contribution in [0.25, 0.3) is 0 Å². The Morgan fingerprint density at radius 2 is 2.00 bits per heavy atom. The molecule has 1 aromatic heterocycles. The van der Waals surface area contributed by atoms with E-state index in [0.29, 0.717) is 0 Å². The topological polar surface area (TPSA) is 39.2 Å². The summed E-state index contributed by atoms with van der Waals surface area (Å²) in [6.07, 6.45) is 1.66. The molecule has 4 heteroatoms. The second kappa shape index (κ2) is 6.07. The molecule has 0 radical (unpaired) electrons. The Balaban J connectivity index is 2.06. The van der Waals surface area contributed by atoms with E-state index in [9.17, 15) is 4.39 Å². The summed E-state index contributed by atoms with van der Waals surface area (Å²) in [6, 6.07) is 10.3. The Morgan fingerprint density at radius 1 is 1.28 bits per heavy atom. The maximum atomic E-state index is 12.9. The molecule has 0 spiro atoms. The van der Waals surface area contributed by atoms with Crippen molar-refractivity contribution in [3.8, 4) is 0 Å². The van der Waals surface area contributed by atoms with Gasteiger partial charge in [-0.05, 0) is 36.8 Å². The first kappa shape index (κ1) is 13.2. The molecule has 0 fully saturated rings. The normalized spacial score (nSPS) is 14.4. The third-order valence-corrected chi connectivity index (χ3v) is 4.17. The molecule has 1 aromatic carbocycles. The Morgan fingerprint density at radius 3 is 2.56 bits per heavy atom. The zero-order valence-electron chi connectivity index (χ0n) is 10.2. The number of thioether (sulfide) groups is 1. The minimum atomic E-state index is -0.224. The number of halogens is 1. The van der Waals surface area contributed by atoms with Crippen LogP contribution in [0.2, 0.25) is 0 Å². The SMILES string of the molecule is CC(N)C(SCc1ccco1)c1ccc(F)cc1. The van der Waals surface area contributed by atoms with Gasteiger partial charge >= 0.3 is 0 Å². The maximum absolute atomic E-state index is 12.9. The van der Waals surface area contributed by atoms with Crippen LogP contribution in [-0.4, -0.2) is 6.04 Å². The molecule has 2 unspecified atom stereocenters. The monoisotopic (exact) mass is 265 g/mol. The smallest absolute Gasteiger partial charge is 0.123 e. The fourth-order valence-corrected chi connectivity index (χ4v) is 2.93. The van der Waals surface area contributed by atoms with Crippen LogP contribution in [0.4, 0.5) is 4.39 Å². The summed E-state index contributed by atoms with van der Waals surface area (Å²) < 4.78 is 18.2. The van der Waals surface area contributed by atoms with Gasteiger partial charge in [-0.25, -0.2) is 4.39 Å². The zero-order chi connectivity index (χ0) is 13.0. The van der Waals surface area contributed by atoms with Gasteiger partial charge in [-0.2, -0.15) is 0 Å².